The number of amides is 1. The Morgan fingerprint density at radius 1 is 1.08 bits per heavy atom. The number of hydrogen-bond acceptors (Lipinski definition) is 3. The molecule has 0 fully saturated rings. The summed E-state index contributed by atoms with van der Waals surface area (Å²) in [7, 11) is 0. The molecular weight excluding hydrogens is 338 g/mol. The number of aryl methyl sites for hydroxylation is 1. The van der Waals surface area contributed by atoms with Gasteiger partial charge in [0.1, 0.15) is 0 Å². The van der Waals surface area contributed by atoms with E-state index in [0.717, 1.165) is 12.8 Å². The number of hydrogen-bond donors (Lipinski definition) is 1. The van der Waals surface area contributed by atoms with Crippen molar-refractivity contribution in [3.63, 3.8) is 0 Å². The molecule has 0 heterocycles. The Labute approximate surface area is 153 Å². The SMILES string of the molecule is C[C@@H](CCc1ccccc1)NC(=O)[C@@H](C)OC(=O)c1cccc(Cl)c1. The first-order chi connectivity index (χ1) is 12.0. The van der Waals surface area contributed by atoms with Crippen LogP contribution in [0.15, 0.2) is 54.6 Å². The molecule has 0 radical (unpaired) electrons. The summed E-state index contributed by atoms with van der Waals surface area (Å²) < 4.78 is 5.21. The summed E-state index contributed by atoms with van der Waals surface area (Å²) in [6.45, 7) is 3.49. The van der Waals surface area contributed by atoms with Crippen molar-refractivity contribution in [2.24, 2.45) is 0 Å². The molecule has 0 bridgehead atoms. The lowest BCUT2D eigenvalue weighted by Crippen LogP contribution is -2.41. The average Bonchev–Trinajstić information content (AvgIpc) is 2.60. The molecule has 2 aromatic rings. The Hall–Kier alpha value is -2.33. The minimum absolute atomic E-state index is 0.0139. The van der Waals surface area contributed by atoms with Crippen LogP contribution in [0, 0.1) is 0 Å². The highest BCUT2D eigenvalue weighted by atomic mass is 35.5. The molecule has 1 N–H and O–H groups in total. The van der Waals surface area contributed by atoms with Crippen LogP contribution in [0.25, 0.3) is 0 Å². The van der Waals surface area contributed by atoms with Crippen LogP contribution in [0.4, 0.5) is 0 Å². The lowest BCUT2D eigenvalue weighted by atomic mass is 10.1. The second-order valence-corrected chi connectivity index (χ2v) is 6.43. The smallest absolute Gasteiger partial charge is 0.338 e. The van der Waals surface area contributed by atoms with Gasteiger partial charge < -0.3 is 10.1 Å². The van der Waals surface area contributed by atoms with E-state index < -0.39 is 12.1 Å². The number of ether oxygens (including phenoxy) is 1. The third-order valence-corrected chi connectivity index (χ3v) is 4.05. The third-order valence-electron chi connectivity index (χ3n) is 3.81. The molecule has 0 aliphatic carbocycles. The van der Waals surface area contributed by atoms with Gasteiger partial charge in [-0.15, -0.1) is 0 Å². The van der Waals surface area contributed by atoms with Gasteiger partial charge in [-0.25, -0.2) is 4.79 Å². The Kier molecular flexibility index (Phi) is 7.02. The molecule has 0 aliphatic heterocycles. The molecule has 0 spiro atoms. The zero-order chi connectivity index (χ0) is 18.2. The molecule has 5 heteroatoms. The summed E-state index contributed by atoms with van der Waals surface area (Å²) in [5, 5.41) is 3.32. The fourth-order valence-corrected chi connectivity index (χ4v) is 2.55. The van der Waals surface area contributed by atoms with Crippen molar-refractivity contribution in [1.82, 2.24) is 5.32 Å². The van der Waals surface area contributed by atoms with Crippen molar-refractivity contribution in [2.45, 2.75) is 38.8 Å². The van der Waals surface area contributed by atoms with E-state index in [1.807, 2.05) is 25.1 Å². The molecule has 0 saturated heterocycles. The average molecular weight is 360 g/mol. The fourth-order valence-electron chi connectivity index (χ4n) is 2.36. The first-order valence-corrected chi connectivity index (χ1v) is 8.64. The molecule has 25 heavy (non-hydrogen) atoms. The lowest BCUT2D eigenvalue weighted by Gasteiger charge is -2.18. The van der Waals surface area contributed by atoms with Crippen LogP contribution in [0.5, 0.6) is 0 Å². The van der Waals surface area contributed by atoms with E-state index in [2.05, 4.69) is 17.4 Å². The van der Waals surface area contributed by atoms with E-state index in [1.54, 1.807) is 25.1 Å². The normalized spacial score (nSPS) is 12.9. The van der Waals surface area contributed by atoms with Crippen LogP contribution in [-0.2, 0) is 16.0 Å². The summed E-state index contributed by atoms with van der Waals surface area (Å²) in [5.41, 5.74) is 1.55. The third kappa shape index (κ3) is 6.24. The highest BCUT2D eigenvalue weighted by molar-refractivity contribution is 6.30. The zero-order valence-corrected chi connectivity index (χ0v) is 15.1. The number of nitrogens with one attached hydrogen (secondary N) is 1. The summed E-state index contributed by atoms with van der Waals surface area (Å²) in [6, 6.07) is 16.5. The summed E-state index contributed by atoms with van der Waals surface area (Å²) in [4.78, 5) is 24.2. The molecule has 0 aliphatic rings. The Bertz CT molecular complexity index is 718. The van der Waals surface area contributed by atoms with Gasteiger partial charge in [0.25, 0.3) is 5.91 Å². The fraction of sp³-hybridized carbons (Fsp3) is 0.300. The van der Waals surface area contributed by atoms with Crippen molar-refractivity contribution >= 4 is 23.5 Å². The Morgan fingerprint density at radius 2 is 1.80 bits per heavy atom. The van der Waals surface area contributed by atoms with Crippen molar-refractivity contribution in [3.05, 3.63) is 70.7 Å². The van der Waals surface area contributed by atoms with Gasteiger partial charge in [-0.1, -0.05) is 48.0 Å². The van der Waals surface area contributed by atoms with E-state index in [9.17, 15) is 9.59 Å². The van der Waals surface area contributed by atoms with Crippen LogP contribution in [-0.4, -0.2) is 24.0 Å². The molecule has 2 aromatic carbocycles. The van der Waals surface area contributed by atoms with Gasteiger partial charge >= 0.3 is 5.97 Å². The van der Waals surface area contributed by atoms with Crippen LogP contribution in [0.2, 0.25) is 5.02 Å². The number of rotatable bonds is 7. The maximum Gasteiger partial charge on any atom is 0.338 e. The first kappa shape index (κ1) is 19.0. The standard InChI is InChI=1S/C20H22ClNO3/c1-14(11-12-16-7-4-3-5-8-16)22-19(23)15(2)25-20(24)17-9-6-10-18(21)13-17/h3-10,13-15H,11-12H2,1-2H3,(H,22,23)/t14-,15+/m0/s1. The van der Waals surface area contributed by atoms with Crippen LogP contribution in [0.1, 0.15) is 36.2 Å². The van der Waals surface area contributed by atoms with Crippen LogP contribution < -0.4 is 5.32 Å². The van der Waals surface area contributed by atoms with Crippen molar-refractivity contribution in [3.8, 4) is 0 Å². The van der Waals surface area contributed by atoms with Crippen molar-refractivity contribution in [1.29, 1.82) is 0 Å². The van der Waals surface area contributed by atoms with Gasteiger partial charge in [-0.05, 0) is 50.5 Å². The Morgan fingerprint density at radius 3 is 2.48 bits per heavy atom. The van der Waals surface area contributed by atoms with Crippen LogP contribution in [0.3, 0.4) is 0 Å². The quantitative estimate of drug-likeness (QED) is 0.759. The zero-order valence-electron chi connectivity index (χ0n) is 14.4. The van der Waals surface area contributed by atoms with Gasteiger partial charge in [0.15, 0.2) is 6.10 Å². The summed E-state index contributed by atoms with van der Waals surface area (Å²) in [6.07, 6.45) is 0.814. The van der Waals surface area contributed by atoms with E-state index in [0.29, 0.717) is 10.6 Å². The predicted octanol–water partition coefficient (Wildman–Crippen LogP) is 4.02. The second-order valence-electron chi connectivity index (χ2n) is 5.99. The molecule has 4 nitrogen and oxygen atoms in total. The minimum atomic E-state index is -0.870. The molecule has 2 atom stereocenters. The van der Waals surface area contributed by atoms with E-state index in [-0.39, 0.29) is 11.9 Å². The number of carbonyl (C=O) groups excluding carboxylic acids is 2. The predicted molar refractivity (Wildman–Crippen MR) is 98.7 cm³/mol. The van der Waals surface area contributed by atoms with E-state index in [4.69, 9.17) is 16.3 Å². The largest absolute Gasteiger partial charge is 0.449 e. The highest BCUT2D eigenvalue weighted by Crippen LogP contribution is 2.12. The van der Waals surface area contributed by atoms with Gasteiger partial charge in [0.2, 0.25) is 0 Å². The molecular formula is C20H22ClNO3. The maximum atomic E-state index is 12.2. The van der Waals surface area contributed by atoms with Gasteiger partial charge in [0, 0.05) is 11.1 Å². The monoisotopic (exact) mass is 359 g/mol. The summed E-state index contributed by atoms with van der Waals surface area (Å²) in [5.74, 6) is -0.877. The van der Waals surface area contributed by atoms with Gasteiger partial charge in [0.05, 0.1) is 5.56 Å². The molecule has 1 amide bonds. The van der Waals surface area contributed by atoms with E-state index >= 15 is 0 Å². The first-order valence-electron chi connectivity index (χ1n) is 8.26. The topological polar surface area (TPSA) is 55.4 Å². The maximum absolute atomic E-state index is 12.2. The molecule has 132 valence electrons. The Balaban J connectivity index is 1.80. The van der Waals surface area contributed by atoms with Crippen LogP contribution >= 0.6 is 11.6 Å². The van der Waals surface area contributed by atoms with Gasteiger partial charge in [-0.3, -0.25) is 4.79 Å². The number of carbonyl (C=O) groups is 2. The second kappa shape index (κ2) is 9.23. The number of halogens is 1. The summed E-state index contributed by atoms with van der Waals surface area (Å²) >= 11 is 5.86. The highest BCUT2D eigenvalue weighted by Gasteiger charge is 2.20. The number of esters is 1. The number of benzene rings is 2. The molecule has 0 saturated carbocycles. The molecule has 0 unspecified atom stereocenters. The van der Waals surface area contributed by atoms with E-state index in [1.165, 1.54) is 11.6 Å². The molecule has 2 rings (SSSR count). The minimum Gasteiger partial charge on any atom is -0.449 e. The van der Waals surface area contributed by atoms with Crippen molar-refractivity contribution < 1.29 is 14.3 Å². The molecule has 0 aromatic heterocycles. The van der Waals surface area contributed by atoms with Gasteiger partial charge in [-0.2, -0.15) is 0 Å². The van der Waals surface area contributed by atoms with Crippen molar-refractivity contribution in [2.75, 3.05) is 0 Å². The lowest BCUT2D eigenvalue weighted by molar-refractivity contribution is -0.129.